The topological polar surface area (TPSA) is 96.4 Å². The van der Waals surface area contributed by atoms with E-state index in [1.165, 1.54) is 0 Å². The van der Waals surface area contributed by atoms with Crippen LogP contribution in [0, 0.1) is 17.3 Å². The van der Waals surface area contributed by atoms with E-state index in [1.54, 1.807) is 13.8 Å². The third kappa shape index (κ3) is 4.50. The normalized spacial score (nSPS) is 45.9. The molecule has 0 unspecified atom stereocenters. The molecule has 3 fully saturated rings. The highest BCUT2D eigenvalue weighted by Crippen LogP contribution is 2.49. The number of hydrogen-bond acceptors (Lipinski definition) is 6. The number of esters is 1. The first kappa shape index (κ1) is 24.1. The molecule has 0 spiro atoms. The summed E-state index contributed by atoms with van der Waals surface area (Å²) in [5, 5.41) is 21.6. The van der Waals surface area contributed by atoms with Gasteiger partial charge in [0.25, 0.3) is 0 Å². The molecule has 2 heterocycles. The van der Waals surface area contributed by atoms with Gasteiger partial charge in [-0.25, -0.2) is 0 Å². The van der Waals surface area contributed by atoms with Crippen LogP contribution in [0.1, 0.15) is 72.6 Å². The molecule has 30 heavy (non-hydrogen) atoms. The molecule has 0 radical (unpaired) electrons. The van der Waals surface area contributed by atoms with Gasteiger partial charge in [-0.3, -0.25) is 9.59 Å². The molecule has 3 rings (SSSR count). The van der Waals surface area contributed by atoms with E-state index in [2.05, 4.69) is 29.5 Å². The van der Waals surface area contributed by atoms with Crippen molar-refractivity contribution in [2.45, 2.75) is 103 Å². The molecule has 0 aromatic carbocycles. The minimum Gasteiger partial charge on any atom is -0.458 e. The van der Waals surface area contributed by atoms with E-state index < -0.39 is 35.6 Å². The van der Waals surface area contributed by atoms with Crippen molar-refractivity contribution in [2.24, 2.45) is 17.3 Å². The number of aliphatic hydroxyl groups is 2. The molecule has 2 aliphatic heterocycles. The fourth-order valence-electron chi connectivity index (χ4n) is 5.49. The monoisotopic (exact) mass is 534 g/mol. The maximum absolute atomic E-state index is 13.0. The van der Waals surface area contributed by atoms with E-state index in [1.807, 2.05) is 11.0 Å². The SMILES string of the molecule is CC[C@@]12CCC[C@@H]3C[C@@](C)(C(=O)[C@H](C)[C@H]3O)[C@@H](O)CC(=O)O[C@H](/C(C)=C/I)C[C@@H]1O2. The van der Waals surface area contributed by atoms with Gasteiger partial charge in [-0.1, -0.05) is 49.8 Å². The lowest BCUT2D eigenvalue weighted by Crippen LogP contribution is -2.54. The van der Waals surface area contributed by atoms with E-state index in [9.17, 15) is 19.8 Å². The van der Waals surface area contributed by atoms with Crippen LogP contribution in [0.15, 0.2) is 9.66 Å². The van der Waals surface area contributed by atoms with Crippen molar-refractivity contribution in [2.75, 3.05) is 0 Å². The highest BCUT2D eigenvalue weighted by molar-refractivity contribution is 14.1. The molecule has 0 amide bonds. The van der Waals surface area contributed by atoms with Gasteiger partial charge < -0.3 is 19.7 Å². The van der Waals surface area contributed by atoms with E-state index in [0.717, 1.165) is 31.3 Å². The highest BCUT2D eigenvalue weighted by Gasteiger charge is 2.56. The molecule has 2 saturated heterocycles. The van der Waals surface area contributed by atoms with Crippen molar-refractivity contribution in [1.82, 2.24) is 0 Å². The number of hydrogen-bond donors (Lipinski definition) is 2. The maximum atomic E-state index is 13.0. The molecule has 6 nitrogen and oxygen atoms in total. The van der Waals surface area contributed by atoms with Crippen LogP contribution in [0.3, 0.4) is 0 Å². The average Bonchev–Trinajstić information content (AvgIpc) is 3.41. The van der Waals surface area contributed by atoms with Gasteiger partial charge in [0.15, 0.2) is 0 Å². The van der Waals surface area contributed by atoms with Crippen molar-refractivity contribution in [3.63, 3.8) is 0 Å². The summed E-state index contributed by atoms with van der Waals surface area (Å²) in [6.45, 7) is 7.51. The minimum absolute atomic E-state index is 0.0431. The zero-order chi connectivity index (χ0) is 22.3. The lowest BCUT2D eigenvalue weighted by atomic mass is 9.60. The molecule has 8 atom stereocenters. The third-order valence-corrected chi connectivity index (χ3v) is 8.80. The predicted octanol–water partition coefficient (Wildman–Crippen LogP) is 3.70. The lowest BCUT2D eigenvalue weighted by Gasteiger charge is -2.45. The molecule has 2 bridgehead atoms. The summed E-state index contributed by atoms with van der Waals surface area (Å²) in [6, 6.07) is 0. The van der Waals surface area contributed by atoms with Crippen LogP contribution >= 0.6 is 22.6 Å². The van der Waals surface area contributed by atoms with Gasteiger partial charge in [-0.15, -0.1) is 0 Å². The number of fused-ring (bicyclic) bond motifs is 3. The first-order valence-electron chi connectivity index (χ1n) is 11.1. The second-order valence-electron chi connectivity index (χ2n) is 9.73. The van der Waals surface area contributed by atoms with Gasteiger partial charge in [0.2, 0.25) is 0 Å². The smallest absolute Gasteiger partial charge is 0.309 e. The average molecular weight is 534 g/mol. The number of rotatable bonds is 2. The Labute approximate surface area is 192 Å². The number of carbonyl (C=O) groups is 2. The number of Topliss-reactive ketones (excluding diaryl/α,β-unsaturated/α-hetero) is 1. The summed E-state index contributed by atoms with van der Waals surface area (Å²) in [6.07, 6.45) is 1.99. The lowest BCUT2D eigenvalue weighted by molar-refractivity contribution is -0.161. The van der Waals surface area contributed by atoms with Crippen molar-refractivity contribution >= 4 is 34.3 Å². The summed E-state index contributed by atoms with van der Waals surface area (Å²) in [5.41, 5.74) is -0.302. The van der Waals surface area contributed by atoms with Crippen LogP contribution < -0.4 is 0 Å². The van der Waals surface area contributed by atoms with E-state index in [0.29, 0.717) is 12.8 Å². The number of ether oxygens (including phenoxy) is 2. The molecule has 1 aliphatic carbocycles. The van der Waals surface area contributed by atoms with Crippen LogP contribution in [0.4, 0.5) is 0 Å². The third-order valence-electron chi connectivity index (χ3n) is 7.82. The number of halogens is 1. The Hall–Kier alpha value is -0.510. The Balaban J connectivity index is 1.88. The van der Waals surface area contributed by atoms with Crippen molar-refractivity contribution in [1.29, 1.82) is 0 Å². The zero-order valence-corrected chi connectivity index (χ0v) is 20.6. The van der Waals surface area contributed by atoms with Gasteiger partial charge in [-0.2, -0.15) is 0 Å². The van der Waals surface area contributed by atoms with Gasteiger partial charge in [0.05, 0.1) is 35.7 Å². The van der Waals surface area contributed by atoms with Gasteiger partial charge in [-0.05, 0) is 48.2 Å². The molecule has 0 aromatic heterocycles. The van der Waals surface area contributed by atoms with Gasteiger partial charge in [0, 0.05) is 12.3 Å². The Morgan fingerprint density at radius 3 is 2.67 bits per heavy atom. The largest absolute Gasteiger partial charge is 0.458 e. The second kappa shape index (κ2) is 9.16. The molecular weight excluding hydrogens is 499 g/mol. The minimum atomic E-state index is -1.13. The molecular formula is C23H35IO6. The maximum Gasteiger partial charge on any atom is 0.309 e. The number of epoxide rings is 1. The number of cyclic esters (lactones) is 1. The highest BCUT2D eigenvalue weighted by atomic mass is 127. The van der Waals surface area contributed by atoms with Gasteiger partial charge >= 0.3 is 5.97 Å². The van der Waals surface area contributed by atoms with E-state index >= 15 is 0 Å². The Bertz CT molecular complexity index is 708. The quantitative estimate of drug-likeness (QED) is 0.319. The molecule has 0 aromatic rings. The van der Waals surface area contributed by atoms with E-state index in [4.69, 9.17) is 9.47 Å². The second-order valence-corrected chi connectivity index (χ2v) is 10.4. The Kier molecular flexibility index (Phi) is 7.37. The van der Waals surface area contributed by atoms with Crippen LogP contribution in [0.5, 0.6) is 0 Å². The Morgan fingerprint density at radius 1 is 1.33 bits per heavy atom. The van der Waals surface area contributed by atoms with Crippen molar-refractivity contribution < 1.29 is 29.3 Å². The van der Waals surface area contributed by atoms with Crippen LogP contribution in [0.2, 0.25) is 0 Å². The standard InChI is InChI=1S/C23H35IO6/c1-5-23-8-6-7-15-11-22(4,21(28)14(3)20(15)27)17(25)10-19(26)29-16(13(2)12-24)9-18(23)30-23/h12,14-18,20,25,27H,5-11H2,1-4H3/b13-12+/t14-,15-,16+,17+,18+,20-,22-,23-/m1/s1. The summed E-state index contributed by atoms with van der Waals surface area (Å²) in [7, 11) is 0. The number of ketones is 1. The number of aliphatic hydroxyl groups excluding tert-OH is 2. The fourth-order valence-corrected chi connectivity index (χ4v) is 5.89. The number of carbonyl (C=O) groups excluding carboxylic acids is 2. The van der Waals surface area contributed by atoms with Gasteiger partial charge in [0.1, 0.15) is 11.9 Å². The molecule has 1 saturated carbocycles. The molecule has 3 aliphatic rings. The summed E-state index contributed by atoms with van der Waals surface area (Å²) in [5.74, 6) is -1.32. The first-order chi connectivity index (χ1) is 14.1. The van der Waals surface area contributed by atoms with Crippen LogP contribution in [-0.2, 0) is 19.1 Å². The van der Waals surface area contributed by atoms with Crippen LogP contribution in [0.25, 0.3) is 0 Å². The first-order valence-corrected chi connectivity index (χ1v) is 12.4. The van der Waals surface area contributed by atoms with Crippen LogP contribution in [-0.4, -0.2) is 52.0 Å². The Morgan fingerprint density at radius 2 is 2.03 bits per heavy atom. The predicted molar refractivity (Wildman–Crippen MR) is 121 cm³/mol. The summed E-state index contributed by atoms with van der Waals surface area (Å²) >= 11 is 2.14. The molecule has 2 N–H and O–H groups in total. The molecule has 170 valence electrons. The van der Waals surface area contributed by atoms with Crippen molar-refractivity contribution in [3.8, 4) is 0 Å². The molecule has 7 heteroatoms. The van der Waals surface area contributed by atoms with E-state index in [-0.39, 0.29) is 29.8 Å². The summed E-state index contributed by atoms with van der Waals surface area (Å²) < 4.78 is 13.8. The van der Waals surface area contributed by atoms with Crippen molar-refractivity contribution in [3.05, 3.63) is 9.66 Å². The zero-order valence-electron chi connectivity index (χ0n) is 18.4. The fraction of sp³-hybridized carbons (Fsp3) is 0.826. The summed E-state index contributed by atoms with van der Waals surface area (Å²) in [4.78, 5) is 25.7.